The highest BCUT2D eigenvalue weighted by atomic mass is 19.1. The molecule has 13 heavy (non-hydrogen) atoms. The molecule has 1 rings (SSSR count). The molecule has 0 aliphatic rings. The summed E-state index contributed by atoms with van der Waals surface area (Å²) in [6, 6.07) is 3.36. The van der Waals surface area contributed by atoms with Gasteiger partial charge in [-0.15, -0.1) is 0 Å². The topological polar surface area (TPSA) is 61.1 Å². The first-order valence-electron chi connectivity index (χ1n) is 3.50. The number of nitriles is 1. The Morgan fingerprint density at radius 1 is 1.62 bits per heavy atom. The van der Waals surface area contributed by atoms with Crippen molar-refractivity contribution in [2.45, 2.75) is 6.92 Å². The molecule has 0 aromatic heterocycles. The lowest BCUT2D eigenvalue weighted by Crippen LogP contribution is -1.98. The summed E-state index contributed by atoms with van der Waals surface area (Å²) in [6.07, 6.45) is 0. The van der Waals surface area contributed by atoms with Gasteiger partial charge in [-0.25, -0.2) is 4.39 Å². The number of benzene rings is 1. The fourth-order valence-electron chi connectivity index (χ4n) is 0.988. The SMILES string of the molecule is CC(=O)c1cc(F)cc(O)c1C#N. The second-order valence-corrected chi connectivity index (χ2v) is 2.52. The molecule has 0 atom stereocenters. The van der Waals surface area contributed by atoms with Crippen molar-refractivity contribution in [3.8, 4) is 11.8 Å². The molecule has 1 aromatic carbocycles. The Morgan fingerprint density at radius 2 is 2.23 bits per heavy atom. The first kappa shape index (κ1) is 9.20. The molecule has 0 spiro atoms. The zero-order valence-corrected chi connectivity index (χ0v) is 6.84. The Balaban J connectivity index is 3.50. The maximum Gasteiger partial charge on any atom is 0.161 e. The fraction of sp³-hybridized carbons (Fsp3) is 0.111. The van der Waals surface area contributed by atoms with E-state index in [1.54, 1.807) is 6.07 Å². The zero-order chi connectivity index (χ0) is 10.0. The number of aromatic hydroxyl groups is 1. The lowest BCUT2D eigenvalue weighted by Gasteiger charge is -2.01. The Kier molecular flexibility index (Phi) is 2.29. The van der Waals surface area contributed by atoms with E-state index < -0.39 is 17.3 Å². The number of carbonyl (C=O) groups excluding carboxylic acids is 1. The minimum Gasteiger partial charge on any atom is -0.506 e. The number of hydrogen-bond donors (Lipinski definition) is 1. The molecule has 0 radical (unpaired) electrons. The van der Waals surface area contributed by atoms with Crippen LogP contribution in [0.3, 0.4) is 0 Å². The molecule has 0 amide bonds. The Bertz CT molecular complexity index is 407. The van der Waals surface area contributed by atoms with Crippen LogP contribution in [0.1, 0.15) is 22.8 Å². The number of hydrogen-bond acceptors (Lipinski definition) is 3. The van der Waals surface area contributed by atoms with E-state index in [0.717, 1.165) is 12.1 Å². The average Bonchev–Trinajstić information content (AvgIpc) is 2.02. The largest absolute Gasteiger partial charge is 0.506 e. The molecule has 1 N–H and O–H groups in total. The molecule has 0 aliphatic carbocycles. The fourth-order valence-corrected chi connectivity index (χ4v) is 0.988. The predicted octanol–water partition coefficient (Wildman–Crippen LogP) is 1.61. The van der Waals surface area contributed by atoms with Gasteiger partial charge in [0.25, 0.3) is 0 Å². The highest BCUT2D eigenvalue weighted by Gasteiger charge is 2.13. The van der Waals surface area contributed by atoms with Crippen LogP contribution in [0.4, 0.5) is 4.39 Å². The highest BCUT2D eigenvalue weighted by molar-refractivity contribution is 5.97. The van der Waals surface area contributed by atoms with Gasteiger partial charge in [-0.1, -0.05) is 0 Å². The average molecular weight is 179 g/mol. The smallest absolute Gasteiger partial charge is 0.161 e. The van der Waals surface area contributed by atoms with E-state index >= 15 is 0 Å². The van der Waals surface area contributed by atoms with Crippen LogP contribution in [0.2, 0.25) is 0 Å². The van der Waals surface area contributed by atoms with Gasteiger partial charge in [-0.2, -0.15) is 5.26 Å². The van der Waals surface area contributed by atoms with Gasteiger partial charge in [-0.3, -0.25) is 4.79 Å². The molecule has 1 aromatic rings. The van der Waals surface area contributed by atoms with Gasteiger partial charge in [0.2, 0.25) is 0 Å². The minimum atomic E-state index is -0.735. The Morgan fingerprint density at radius 3 is 2.69 bits per heavy atom. The van der Waals surface area contributed by atoms with E-state index in [2.05, 4.69) is 0 Å². The molecular formula is C9H6FNO2. The van der Waals surface area contributed by atoms with E-state index in [4.69, 9.17) is 10.4 Å². The van der Waals surface area contributed by atoms with Crippen LogP contribution in [-0.2, 0) is 0 Å². The molecule has 0 saturated carbocycles. The predicted molar refractivity (Wildman–Crippen MR) is 42.8 cm³/mol. The van der Waals surface area contributed by atoms with Gasteiger partial charge in [0.15, 0.2) is 5.78 Å². The van der Waals surface area contributed by atoms with Crippen LogP contribution in [-0.4, -0.2) is 10.9 Å². The third-order valence-corrected chi connectivity index (χ3v) is 1.57. The summed E-state index contributed by atoms with van der Waals surface area (Å²) in [6.45, 7) is 1.20. The van der Waals surface area contributed by atoms with Crippen LogP contribution in [0, 0.1) is 17.1 Å². The maximum absolute atomic E-state index is 12.7. The number of nitrogens with zero attached hydrogens (tertiary/aromatic N) is 1. The lowest BCUT2D eigenvalue weighted by molar-refractivity contribution is 0.101. The van der Waals surface area contributed by atoms with Crippen molar-refractivity contribution in [1.82, 2.24) is 0 Å². The van der Waals surface area contributed by atoms with Crippen LogP contribution in [0.25, 0.3) is 0 Å². The monoisotopic (exact) mass is 179 g/mol. The van der Waals surface area contributed by atoms with Crippen molar-refractivity contribution < 1.29 is 14.3 Å². The highest BCUT2D eigenvalue weighted by Crippen LogP contribution is 2.22. The lowest BCUT2D eigenvalue weighted by atomic mass is 10.0. The summed E-state index contributed by atoms with van der Waals surface area (Å²) in [7, 11) is 0. The number of halogens is 1. The quantitative estimate of drug-likeness (QED) is 0.666. The van der Waals surface area contributed by atoms with E-state index in [9.17, 15) is 9.18 Å². The normalized spacial score (nSPS) is 9.31. The number of rotatable bonds is 1. The molecule has 4 heteroatoms. The van der Waals surface area contributed by atoms with Crippen molar-refractivity contribution in [3.63, 3.8) is 0 Å². The second-order valence-electron chi connectivity index (χ2n) is 2.52. The number of phenols is 1. The standard InChI is InChI=1S/C9H6FNO2/c1-5(12)7-2-6(10)3-9(13)8(7)4-11/h2-3,13H,1H3. The van der Waals surface area contributed by atoms with Crippen LogP contribution in [0.5, 0.6) is 5.75 Å². The summed E-state index contributed by atoms with van der Waals surface area (Å²) >= 11 is 0. The van der Waals surface area contributed by atoms with Crippen molar-refractivity contribution >= 4 is 5.78 Å². The van der Waals surface area contributed by atoms with Crippen molar-refractivity contribution in [2.24, 2.45) is 0 Å². The minimum absolute atomic E-state index is 0.0972. The molecular weight excluding hydrogens is 173 g/mol. The second kappa shape index (κ2) is 3.23. The Labute approximate surface area is 74.0 Å². The molecule has 0 unspecified atom stereocenters. The number of ketones is 1. The summed E-state index contributed by atoms with van der Waals surface area (Å²) in [4.78, 5) is 10.9. The zero-order valence-electron chi connectivity index (χ0n) is 6.84. The number of phenolic OH excluding ortho intramolecular Hbond substituents is 1. The van der Waals surface area contributed by atoms with Crippen LogP contribution >= 0.6 is 0 Å². The van der Waals surface area contributed by atoms with E-state index in [0.29, 0.717) is 0 Å². The van der Waals surface area contributed by atoms with Crippen LogP contribution in [0.15, 0.2) is 12.1 Å². The van der Waals surface area contributed by atoms with Gasteiger partial charge < -0.3 is 5.11 Å². The Hall–Kier alpha value is -1.89. The number of Topliss-reactive ketones (excluding diaryl/α,β-unsaturated/α-hetero) is 1. The molecule has 3 nitrogen and oxygen atoms in total. The molecule has 0 fully saturated rings. The maximum atomic E-state index is 12.7. The third-order valence-electron chi connectivity index (χ3n) is 1.57. The summed E-state index contributed by atoms with van der Waals surface area (Å²) < 4.78 is 12.7. The van der Waals surface area contributed by atoms with Gasteiger partial charge >= 0.3 is 0 Å². The van der Waals surface area contributed by atoms with E-state index in [1.165, 1.54) is 6.92 Å². The molecule has 0 aliphatic heterocycles. The van der Waals surface area contributed by atoms with Gasteiger partial charge in [0, 0.05) is 11.6 Å². The van der Waals surface area contributed by atoms with Crippen molar-refractivity contribution in [3.05, 3.63) is 29.1 Å². The number of carbonyl (C=O) groups is 1. The van der Waals surface area contributed by atoms with E-state index in [1.807, 2.05) is 0 Å². The van der Waals surface area contributed by atoms with Gasteiger partial charge in [-0.05, 0) is 13.0 Å². The first-order valence-corrected chi connectivity index (χ1v) is 3.50. The van der Waals surface area contributed by atoms with Crippen molar-refractivity contribution in [2.75, 3.05) is 0 Å². The summed E-state index contributed by atoms with van der Waals surface area (Å²) in [5.41, 5.74) is -0.283. The van der Waals surface area contributed by atoms with Crippen LogP contribution < -0.4 is 0 Å². The van der Waals surface area contributed by atoms with Gasteiger partial charge in [0.05, 0.1) is 0 Å². The molecule has 0 bridgehead atoms. The summed E-state index contributed by atoms with van der Waals surface area (Å²) in [5, 5.41) is 17.7. The van der Waals surface area contributed by atoms with Crippen molar-refractivity contribution in [1.29, 1.82) is 5.26 Å². The summed E-state index contributed by atoms with van der Waals surface area (Å²) in [5.74, 6) is -1.69. The van der Waals surface area contributed by atoms with E-state index in [-0.39, 0.29) is 11.1 Å². The van der Waals surface area contributed by atoms with Gasteiger partial charge in [0.1, 0.15) is 23.2 Å². The molecule has 0 heterocycles. The molecule has 66 valence electrons. The first-order chi connectivity index (χ1) is 6.06. The molecule has 0 saturated heterocycles. The third kappa shape index (κ3) is 1.64.